The van der Waals surface area contributed by atoms with E-state index in [2.05, 4.69) is 21.3 Å². The maximum atomic E-state index is 10.7. The van der Waals surface area contributed by atoms with Crippen molar-refractivity contribution in [3.63, 3.8) is 0 Å². The van der Waals surface area contributed by atoms with Crippen molar-refractivity contribution in [3.05, 3.63) is 46.7 Å². The van der Waals surface area contributed by atoms with Crippen LogP contribution in [0.25, 0.3) is 0 Å². The second-order valence-corrected chi connectivity index (χ2v) is 6.17. The topological polar surface area (TPSA) is 71.2 Å². The highest BCUT2D eigenvalue weighted by Gasteiger charge is 2.27. The molecule has 1 aromatic carbocycles. The minimum atomic E-state index is -0.917. The van der Waals surface area contributed by atoms with Crippen molar-refractivity contribution in [1.82, 2.24) is 19.9 Å². The van der Waals surface area contributed by atoms with Gasteiger partial charge >= 0.3 is 5.97 Å². The number of rotatable bonds is 6. The van der Waals surface area contributed by atoms with E-state index in [9.17, 15) is 4.79 Å². The first-order chi connectivity index (χ1) is 11.1. The van der Waals surface area contributed by atoms with E-state index in [4.69, 9.17) is 16.7 Å². The van der Waals surface area contributed by atoms with E-state index in [-0.39, 0.29) is 6.54 Å². The summed E-state index contributed by atoms with van der Waals surface area (Å²) in [7, 11) is 0. The van der Waals surface area contributed by atoms with E-state index >= 15 is 0 Å². The van der Waals surface area contributed by atoms with E-state index < -0.39 is 5.97 Å². The van der Waals surface area contributed by atoms with Gasteiger partial charge in [0.25, 0.3) is 0 Å². The standard InChI is InChI=1S/C16H19ClN4O2/c17-14-5-2-1-4-13(14)15-6-3-8-20(15)9-7-12-10-21(19-18-12)11-16(22)23/h1-2,4-5,10,15H,3,6-9,11H2,(H,22,23). The summed E-state index contributed by atoms with van der Waals surface area (Å²) < 4.78 is 1.35. The van der Waals surface area contributed by atoms with Gasteiger partial charge in [0, 0.05) is 30.2 Å². The number of likely N-dealkylation sites (tertiary alicyclic amines) is 1. The van der Waals surface area contributed by atoms with Crippen LogP contribution >= 0.6 is 11.6 Å². The summed E-state index contributed by atoms with van der Waals surface area (Å²) >= 11 is 6.33. The number of carboxylic acids is 1. The maximum absolute atomic E-state index is 10.7. The first kappa shape index (κ1) is 16.0. The van der Waals surface area contributed by atoms with Gasteiger partial charge in [0.1, 0.15) is 6.54 Å². The number of carboxylic acid groups (broad SMARTS) is 1. The van der Waals surface area contributed by atoms with Crippen molar-refractivity contribution >= 4 is 17.6 Å². The van der Waals surface area contributed by atoms with E-state index in [0.717, 1.165) is 43.1 Å². The van der Waals surface area contributed by atoms with Crippen LogP contribution in [0.2, 0.25) is 5.02 Å². The Morgan fingerprint density at radius 1 is 1.39 bits per heavy atom. The second kappa shape index (κ2) is 7.10. The predicted molar refractivity (Wildman–Crippen MR) is 86.4 cm³/mol. The zero-order chi connectivity index (χ0) is 16.2. The molecule has 7 heteroatoms. The average Bonchev–Trinajstić information content (AvgIpc) is 3.14. The van der Waals surface area contributed by atoms with Crippen LogP contribution in [0.1, 0.15) is 30.1 Å². The number of hydrogen-bond donors (Lipinski definition) is 1. The fourth-order valence-electron chi connectivity index (χ4n) is 3.12. The first-order valence-electron chi connectivity index (χ1n) is 7.73. The fraction of sp³-hybridized carbons (Fsp3) is 0.438. The van der Waals surface area contributed by atoms with Gasteiger partial charge < -0.3 is 5.11 Å². The number of nitrogens with zero attached hydrogens (tertiary/aromatic N) is 4. The second-order valence-electron chi connectivity index (χ2n) is 5.77. The Kier molecular flexibility index (Phi) is 4.93. The smallest absolute Gasteiger partial charge is 0.325 e. The summed E-state index contributed by atoms with van der Waals surface area (Å²) in [5, 5.41) is 17.5. The molecular weight excluding hydrogens is 316 g/mol. The number of benzene rings is 1. The van der Waals surface area contributed by atoms with Gasteiger partial charge in [-0.05, 0) is 31.0 Å². The molecule has 1 atom stereocenters. The molecule has 23 heavy (non-hydrogen) atoms. The summed E-state index contributed by atoms with van der Waals surface area (Å²) in [4.78, 5) is 13.1. The summed E-state index contributed by atoms with van der Waals surface area (Å²) in [6.45, 7) is 1.75. The lowest BCUT2D eigenvalue weighted by Gasteiger charge is -2.25. The fourth-order valence-corrected chi connectivity index (χ4v) is 3.38. The van der Waals surface area contributed by atoms with Crippen LogP contribution in [-0.4, -0.2) is 44.1 Å². The van der Waals surface area contributed by atoms with Crippen LogP contribution in [-0.2, 0) is 17.8 Å². The lowest BCUT2D eigenvalue weighted by Crippen LogP contribution is -2.26. The molecule has 0 aliphatic carbocycles. The Morgan fingerprint density at radius 2 is 2.22 bits per heavy atom. The van der Waals surface area contributed by atoms with Crippen molar-refractivity contribution < 1.29 is 9.90 Å². The maximum Gasteiger partial charge on any atom is 0.325 e. The average molecular weight is 335 g/mol. The Morgan fingerprint density at radius 3 is 3.00 bits per heavy atom. The highest BCUT2D eigenvalue weighted by Crippen LogP contribution is 2.35. The molecule has 1 aliphatic rings. The van der Waals surface area contributed by atoms with Crippen LogP contribution in [0.3, 0.4) is 0 Å². The summed E-state index contributed by atoms with van der Waals surface area (Å²) in [6, 6.07) is 8.35. The monoisotopic (exact) mass is 334 g/mol. The molecule has 0 saturated carbocycles. The van der Waals surface area contributed by atoms with E-state index in [1.54, 1.807) is 6.20 Å². The normalized spacial score (nSPS) is 18.4. The lowest BCUT2D eigenvalue weighted by atomic mass is 10.0. The van der Waals surface area contributed by atoms with Gasteiger partial charge in [0.2, 0.25) is 0 Å². The molecule has 1 saturated heterocycles. The largest absolute Gasteiger partial charge is 0.480 e. The first-order valence-corrected chi connectivity index (χ1v) is 8.10. The molecule has 6 nitrogen and oxygen atoms in total. The third-order valence-electron chi connectivity index (χ3n) is 4.17. The predicted octanol–water partition coefficient (Wildman–Crippen LogP) is 2.40. The number of carbonyl (C=O) groups is 1. The molecule has 0 amide bonds. The Bertz CT molecular complexity index is 688. The number of aromatic nitrogens is 3. The number of hydrogen-bond acceptors (Lipinski definition) is 4. The van der Waals surface area contributed by atoms with Gasteiger partial charge in [0.05, 0.1) is 5.69 Å². The zero-order valence-electron chi connectivity index (χ0n) is 12.7. The Balaban J connectivity index is 1.62. The third-order valence-corrected chi connectivity index (χ3v) is 4.51. The molecule has 0 bridgehead atoms. The van der Waals surface area contributed by atoms with Gasteiger partial charge in [-0.3, -0.25) is 9.69 Å². The van der Waals surface area contributed by atoms with Crippen LogP contribution in [0.15, 0.2) is 30.5 Å². The van der Waals surface area contributed by atoms with Crippen molar-refractivity contribution in [3.8, 4) is 0 Å². The van der Waals surface area contributed by atoms with Crippen molar-refractivity contribution in [2.24, 2.45) is 0 Å². The van der Waals surface area contributed by atoms with E-state index in [0.29, 0.717) is 6.04 Å². The quantitative estimate of drug-likeness (QED) is 0.878. The Hall–Kier alpha value is -1.92. The molecule has 1 aromatic heterocycles. The minimum Gasteiger partial charge on any atom is -0.480 e. The van der Waals surface area contributed by atoms with Gasteiger partial charge in [-0.2, -0.15) is 0 Å². The molecule has 2 heterocycles. The van der Waals surface area contributed by atoms with Crippen LogP contribution in [0.5, 0.6) is 0 Å². The molecule has 2 aromatic rings. The molecule has 0 radical (unpaired) electrons. The summed E-state index contributed by atoms with van der Waals surface area (Å²) in [6.07, 6.45) is 4.71. The minimum absolute atomic E-state index is 0.154. The molecule has 1 aliphatic heterocycles. The molecule has 1 fully saturated rings. The summed E-state index contributed by atoms with van der Waals surface area (Å²) in [5.74, 6) is -0.917. The molecular formula is C16H19ClN4O2. The molecule has 1 N–H and O–H groups in total. The van der Waals surface area contributed by atoms with Gasteiger partial charge in [-0.15, -0.1) is 5.10 Å². The van der Waals surface area contributed by atoms with Gasteiger partial charge in [0.15, 0.2) is 0 Å². The van der Waals surface area contributed by atoms with Crippen molar-refractivity contribution in [2.45, 2.75) is 31.8 Å². The number of aliphatic carboxylic acids is 1. The molecule has 3 rings (SSSR count). The van der Waals surface area contributed by atoms with Crippen LogP contribution in [0, 0.1) is 0 Å². The van der Waals surface area contributed by atoms with Crippen LogP contribution < -0.4 is 0 Å². The molecule has 0 spiro atoms. The van der Waals surface area contributed by atoms with E-state index in [1.165, 1.54) is 10.2 Å². The highest BCUT2D eigenvalue weighted by molar-refractivity contribution is 6.31. The Labute approximate surface area is 139 Å². The van der Waals surface area contributed by atoms with Gasteiger partial charge in [-0.1, -0.05) is 35.0 Å². The number of halogens is 1. The van der Waals surface area contributed by atoms with Gasteiger partial charge in [-0.25, -0.2) is 4.68 Å². The third kappa shape index (κ3) is 3.89. The highest BCUT2D eigenvalue weighted by atomic mass is 35.5. The molecule has 1 unspecified atom stereocenters. The van der Waals surface area contributed by atoms with Crippen LogP contribution in [0.4, 0.5) is 0 Å². The van der Waals surface area contributed by atoms with Crippen molar-refractivity contribution in [1.29, 1.82) is 0 Å². The summed E-state index contributed by atoms with van der Waals surface area (Å²) in [5.41, 5.74) is 2.00. The van der Waals surface area contributed by atoms with Crippen molar-refractivity contribution in [2.75, 3.05) is 13.1 Å². The molecule has 122 valence electrons. The SMILES string of the molecule is O=C(O)Cn1cc(CCN2CCCC2c2ccccc2Cl)nn1. The lowest BCUT2D eigenvalue weighted by molar-refractivity contribution is -0.137. The zero-order valence-corrected chi connectivity index (χ0v) is 13.5. The van der Waals surface area contributed by atoms with E-state index in [1.807, 2.05) is 18.2 Å².